The molecule has 0 aliphatic carbocycles. The number of carbonyl (C=O) groups excluding carboxylic acids is 1. The summed E-state index contributed by atoms with van der Waals surface area (Å²) in [6.07, 6.45) is 0. The van der Waals surface area contributed by atoms with Gasteiger partial charge in [-0.15, -0.1) is 0 Å². The predicted octanol–water partition coefficient (Wildman–Crippen LogP) is 3.65. The normalized spacial score (nSPS) is 10.2. The molecule has 0 heterocycles. The molecule has 2 aromatic rings. The summed E-state index contributed by atoms with van der Waals surface area (Å²) >= 11 is 0. The number of carbonyl (C=O) groups is 1. The third kappa shape index (κ3) is 4.41. The van der Waals surface area contributed by atoms with Gasteiger partial charge in [0.2, 0.25) is 0 Å². The first-order valence-electron chi connectivity index (χ1n) is 7.66. The highest BCUT2D eigenvalue weighted by Crippen LogP contribution is 2.26. The molecule has 1 N–H and O–H groups in total. The van der Waals surface area contributed by atoms with E-state index in [2.05, 4.69) is 5.32 Å². The molecule has 128 valence electrons. The fraction of sp³-hybridized carbons (Fsp3) is 0.316. The van der Waals surface area contributed by atoms with Gasteiger partial charge in [-0.2, -0.15) is 0 Å². The summed E-state index contributed by atoms with van der Waals surface area (Å²) in [7, 11) is 3.12. The average molecular weight is 329 g/mol. The lowest BCUT2D eigenvalue weighted by Crippen LogP contribution is -2.20. The van der Waals surface area contributed by atoms with Gasteiger partial charge in [0.05, 0.1) is 14.2 Å². The van der Waals surface area contributed by atoms with Gasteiger partial charge in [0.1, 0.15) is 17.2 Å². The van der Waals surface area contributed by atoms with Crippen LogP contribution in [0.25, 0.3) is 0 Å². The zero-order chi connectivity index (χ0) is 17.7. The minimum atomic E-state index is -0.246. The van der Waals surface area contributed by atoms with Gasteiger partial charge in [-0.1, -0.05) is 17.7 Å². The molecule has 24 heavy (non-hydrogen) atoms. The molecule has 0 unspecified atom stereocenters. The Balaban J connectivity index is 2.04. The molecule has 2 aromatic carbocycles. The lowest BCUT2D eigenvalue weighted by atomic mass is 10.1. The summed E-state index contributed by atoms with van der Waals surface area (Å²) in [6.45, 7) is 5.91. The molecule has 0 saturated heterocycles. The molecule has 5 heteroatoms. The number of nitrogens with one attached hydrogen (secondary N) is 1. The van der Waals surface area contributed by atoms with Crippen LogP contribution in [0.3, 0.4) is 0 Å². The van der Waals surface area contributed by atoms with Gasteiger partial charge in [-0.25, -0.2) is 0 Å². The Labute approximate surface area is 142 Å². The van der Waals surface area contributed by atoms with Crippen molar-refractivity contribution in [1.29, 1.82) is 0 Å². The second-order valence-corrected chi connectivity index (χ2v) is 5.67. The fourth-order valence-corrected chi connectivity index (χ4v) is 2.61. The van der Waals surface area contributed by atoms with Crippen LogP contribution in [-0.2, 0) is 4.79 Å². The number of rotatable bonds is 6. The molecule has 1 amide bonds. The number of anilines is 1. The first-order chi connectivity index (χ1) is 11.4. The van der Waals surface area contributed by atoms with Gasteiger partial charge >= 0.3 is 0 Å². The maximum Gasteiger partial charge on any atom is 0.262 e. The summed E-state index contributed by atoms with van der Waals surface area (Å²) in [6, 6.07) is 9.26. The van der Waals surface area contributed by atoms with Crippen molar-refractivity contribution in [1.82, 2.24) is 0 Å². The van der Waals surface area contributed by atoms with Crippen molar-refractivity contribution in [2.75, 3.05) is 26.1 Å². The van der Waals surface area contributed by atoms with E-state index in [1.165, 1.54) is 5.56 Å². The third-order valence-electron chi connectivity index (χ3n) is 3.59. The van der Waals surface area contributed by atoms with Crippen molar-refractivity contribution in [3.05, 3.63) is 47.0 Å². The van der Waals surface area contributed by atoms with Gasteiger partial charge in [-0.3, -0.25) is 4.79 Å². The van der Waals surface area contributed by atoms with E-state index in [0.717, 1.165) is 16.9 Å². The van der Waals surface area contributed by atoms with Crippen LogP contribution in [0, 0.1) is 20.8 Å². The van der Waals surface area contributed by atoms with E-state index >= 15 is 0 Å². The molecule has 5 nitrogen and oxygen atoms in total. The zero-order valence-electron chi connectivity index (χ0n) is 14.7. The smallest absolute Gasteiger partial charge is 0.262 e. The van der Waals surface area contributed by atoms with E-state index in [-0.39, 0.29) is 12.5 Å². The first-order valence-corrected chi connectivity index (χ1v) is 7.66. The summed E-state index contributed by atoms with van der Waals surface area (Å²) in [5.74, 6) is 1.72. The molecular formula is C19H23NO4. The van der Waals surface area contributed by atoms with E-state index in [1.807, 2.05) is 32.9 Å². The van der Waals surface area contributed by atoms with Crippen LogP contribution in [-0.4, -0.2) is 26.7 Å². The van der Waals surface area contributed by atoms with Crippen molar-refractivity contribution >= 4 is 11.6 Å². The number of aryl methyl sites for hydroxylation is 3. The van der Waals surface area contributed by atoms with Crippen molar-refractivity contribution in [3.8, 4) is 17.2 Å². The van der Waals surface area contributed by atoms with Crippen molar-refractivity contribution in [3.63, 3.8) is 0 Å². The second-order valence-electron chi connectivity index (χ2n) is 5.67. The van der Waals surface area contributed by atoms with Crippen LogP contribution in [0.1, 0.15) is 16.7 Å². The summed E-state index contributed by atoms with van der Waals surface area (Å²) in [5.41, 5.74) is 3.80. The fourth-order valence-electron chi connectivity index (χ4n) is 2.61. The molecule has 0 aromatic heterocycles. The molecule has 0 saturated carbocycles. The number of ether oxygens (including phenoxy) is 3. The Kier molecular flexibility index (Phi) is 5.68. The lowest BCUT2D eigenvalue weighted by Gasteiger charge is -2.14. The van der Waals surface area contributed by atoms with Gasteiger partial charge < -0.3 is 19.5 Å². The van der Waals surface area contributed by atoms with Crippen LogP contribution in [0.5, 0.6) is 17.2 Å². The van der Waals surface area contributed by atoms with Gasteiger partial charge in [0, 0.05) is 23.9 Å². The van der Waals surface area contributed by atoms with Crippen molar-refractivity contribution in [2.24, 2.45) is 0 Å². The molecule has 0 atom stereocenters. The van der Waals surface area contributed by atoms with E-state index in [9.17, 15) is 4.79 Å². The summed E-state index contributed by atoms with van der Waals surface area (Å²) in [4.78, 5) is 12.2. The number of hydrogen-bond acceptors (Lipinski definition) is 4. The number of amides is 1. The molecule has 0 radical (unpaired) electrons. The minimum Gasteiger partial charge on any atom is -0.497 e. The van der Waals surface area contributed by atoms with Crippen molar-refractivity contribution < 1.29 is 19.0 Å². The highest BCUT2D eigenvalue weighted by atomic mass is 16.5. The highest BCUT2D eigenvalue weighted by molar-refractivity contribution is 5.92. The van der Waals surface area contributed by atoms with E-state index < -0.39 is 0 Å². The van der Waals surface area contributed by atoms with E-state index in [1.54, 1.807) is 32.4 Å². The maximum atomic E-state index is 12.2. The average Bonchev–Trinajstić information content (AvgIpc) is 2.53. The maximum absolute atomic E-state index is 12.2. The minimum absolute atomic E-state index is 0.0652. The zero-order valence-corrected chi connectivity index (χ0v) is 14.7. The largest absolute Gasteiger partial charge is 0.497 e. The SMILES string of the molecule is COc1cc(NC(=O)COc2c(C)cc(C)cc2C)cc(OC)c1. The van der Waals surface area contributed by atoms with Gasteiger partial charge in [0.25, 0.3) is 5.91 Å². The summed E-state index contributed by atoms with van der Waals surface area (Å²) < 4.78 is 16.1. The Morgan fingerprint density at radius 3 is 1.96 bits per heavy atom. The Morgan fingerprint density at radius 2 is 1.46 bits per heavy atom. The molecule has 0 bridgehead atoms. The topological polar surface area (TPSA) is 56.8 Å². The molecule has 0 spiro atoms. The molecule has 2 rings (SSSR count). The summed E-state index contributed by atoms with van der Waals surface area (Å²) in [5, 5.41) is 2.79. The Hall–Kier alpha value is -2.69. The first kappa shape index (κ1) is 17.7. The Morgan fingerprint density at radius 1 is 0.917 bits per heavy atom. The van der Waals surface area contributed by atoms with E-state index in [4.69, 9.17) is 14.2 Å². The quantitative estimate of drug-likeness (QED) is 0.879. The third-order valence-corrected chi connectivity index (χ3v) is 3.59. The van der Waals surface area contributed by atoms with Crippen LogP contribution >= 0.6 is 0 Å². The standard InChI is InChI=1S/C19H23NO4/c1-12-6-13(2)19(14(3)7-12)24-11-18(21)20-15-8-16(22-4)10-17(9-15)23-5/h6-10H,11H2,1-5H3,(H,20,21). The van der Waals surface area contributed by atoms with E-state index in [0.29, 0.717) is 17.2 Å². The second kappa shape index (κ2) is 7.73. The number of methoxy groups -OCH3 is 2. The van der Waals surface area contributed by atoms with Gasteiger partial charge in [-0.05, 0) is 31.9 Å². The highest BCUT2D eigenvalue weighted by Gasteiger charge is 2.10. The van der Waals surface area contributed by atoms with Crippen LogP contribution in [0.15, 0.2) is 30.3 Å². The monoisotopic (exact) mass is 329 g/mol. The van der Waals surface area contributed by atoms with Crippen LogP contribution in [0.2, 0.25) is 0 Å². The van der Waals surface area contributed by atoms with Crippen LogP contribution in [0.4, 0.5) is 5.69 Å². The predicted molar refractivity (Wildman–Crippen MR) is 94.3 cm³/mol. The number of hydrogen-bond donors (Lipinski definition) is 1. The van der Waals surface area contributed by atoms with Gasteiger partial charge in [0.15, 0.2) is 6.61 Å². The number of benzene rings is 2. The van der Waals surface area contributed by atoms with Crippen LogP contribution < -0.4 is 19.5 Å². The lowest BCUT2D eigenvalue weighted by molar-refractivity contribution is -0.118. The molecule has 0 fully saturated rings. The molecule has 0 aliphatic heterocycles. The Bertz CT molecular complexity index is 695. The van der Waals surface area contributed by atoms with Crippen molar-refractivity contribution in [2.45, 2.75) is 20.8 Å². The molecular weight excluding hydrogens is 306 g/mol. The molecule has 0 aliphatic rings.